The van der Waals surface area contributed by atoms with Gasteiger partial charge >= 0.3 is 0 Å². The summed E-state index contributed by atoms with van der Waals surface area (Å²) in [6, 6.07) is 5.66. The van der Waals surface area contributed by atoms with E-state index in [4.69, 9.17) is 11.6 Å². The van der Waals surface area contributed by atoms with Gasteiger partial charge in [0, 0.05) is 23.0 Å². The number of pyridine rings is 1. The molecule has 0 radical (unpaired) electrons. The molecule has 0 spiro atoms. The molecule has 17 heavy (non-hydrogen) atoms. The summed E-state index contributed by atoms with van der Waals surface area (Å²) in [7, 11) is 0. The van der Waals surface area contributed by atoms with Gasteiger partial charge in [0.05, 0.1) is 5.56 Å². The van der Waals surface area contributed by atoms with Gasteiger partial charge in [-0.05, 0) is 36.8 Å². The third kappa shape index (κ3) is 2.50. The van der Waals surface area contributed by atoms with E-state index in [-0.39, 0.29) is 10.6 Å². The molecule has 0 atom stereocenters. The standard InChI is InChI=1S/C13H9ClFNO/c1-8-4-9(7-16-6-8)13(17)11-3-2-10(14)5-12(11)15/h2-7H,1H3. The average molecular weight is 250 g/mol. The molecule has 86 valence electrons. The minimum absolute atomic E-state index is 0.00167. The molecule has 1 aromatic carbocycles. The van der Waals surface area contributed by atoms with Gasteiger partial charge in [-0.3, -0.25) is 9.78 Å². The lowest BCUT2D eigenvalue weighted by molar-refractivity contribution is 0.103. The van der Waals surface area contributed by atoms with Crippen LogP contribution in [0.5, 0.6) is 0 Å². The summed E-state index contributed by atoms with van der Waals surface area (Å²) in [5.41, 5.74) is 1.22. The Hall–Kier alpha value is -1.74. The van der Waals surface area contributed by atoms with Crippen LogP contribution in [0, 0.1) is 12.7 Å². The van der Waals surface area contributed by atoms with Crippen molar-refractivity contribution in [2.45, 2.75) is 6.92 Å². The first-order valence-electron chi connectivity index (χ1n) is 4.99. The molecule has 2 rings (SSSR count). The molecule has 2 aromatic rings. The molecule has 0 aliphatic rings. The van der Waals surface area contributed by atoms with Crippen molar-refractivity contribution < 1.29 is 9.18 Å². The quantitative estimate of drug-likeness (QED) is 0.764. The maximum Gasteiger partial charge on any atom is 0.197 e. The Morgan fingerprint density at radius 2 is 2.06 bits per heavy atom. The van der Waals surface area contributed by atoms with Crippen LogP contribution < -0.4 is 0 Å². The highest BCUT2D eigenvalue weighted by Gasteiger charge is 2.14. The fourth-order valence-electron chi connectivity index (χ4n) is 1.51. The molecule has 0 fully saturated rings. The Balaban J connectivity index is 2.44. The highest BCUT2D eigenvalue weighted by molar-refractivity contribution is 6.30. The van der Waals surface area contributed by atoms with E-state index in [2.05, 4.69) is 4.98 Å². The number of nitrogens with zero attached hydrogens (tertiary/aromatic N) is 1. The number of carbonyl (C=O) groups is 1. The molecule has 2 nitrogen and oxygen atoms in total. The first-order valence-corrected chi connectivity index (χ1v) is 5.37. The average Bonchev–Trinajstić information content (AvgIpc) is 2.28. The Bertz CT molecular complexity index is 583. The van der Waals surface area contributed by atoms with Gasteiger partial charge < -0.3 is 0 Å². The van der Waals surface area contributed by atoms with E-state index in [0.717, 1.165) is 11.6 Å². The lowest BCUT2D eigenvalue weighted by atomic mass is 10.0. The van der Waals surface area contributed by atoms with Crippen molar-refractivity contribution in [3.8, 4) is 0 Å². The molecule has 0 unspecified atom stereocenters. The van der Waals surface area contributed by atoms with Gasteiger partial charge in [-0.1, -0.05) is 11.6 Å². The Morgan fingerprint density at radius 3 is 2.71 bits per heavy atom. The molecule has 0 aliphatic carbocycles. The van der Waals surface area contributed by atoms with E-state index in [0.29, 0.717) is 5.56 Å². The summed E-state index contributed by atoms with van der Waals surface area (Å²) < 4.78 is 13.6. The predicted octanol–water partition coefficient (Wildman–Crippen LogP) is 3.41. The van der Waals surface area contributed by atoms with Crippen LogP contribution in [-0.2, 0) is 0 Å². The van der Waals surface area contributed by atoms with E-state index in [1.807, 2.05) is 6.92 Å². The number of carbonyl (C=O) groups excluding carboxylic acids is 1. The predicted molar refractivity (Wildman–Crippen MR) is 63.8 cm³/mol. The van der Waals surface area contributed by atoms with Gasteiger partial charge in [-0.25, -0.2) is 4.39 Å². The molecule has 0 saturated carbocycles. The van der Waals surface area contributed by atoms with Crippen molar-refractivity contribution in [2.75, 3.05) is 0 Å². The largest absolute Gasteiger partial charge is 0.288 e. The lowest BCUT2D eigenvalue weighted by Crippen LogP contribution is -2.05. The second kappa shape index (κ2) is 4.63. The van der Waals surface area contributed by atoms with Gasteiger partial charge in [-0.15, -0.1) is 0 Å². The van der Waals surface area contributed by atoms with Crippen LogP contribution in [0.3, 0.4) is 0 Å². The minimum Gasteiger partial charge on any atom is -0.288 e. The van der Waals surface area contributed by atoms with Gasteiger partial charge in [-0.2, -0.15) is 0 Å². The van der Waals surface area contributed by atoms with Crippen LogP contribution in [0.1, 0.15) is 21.5 Å². The smallest absolute Gasteiger partial charge is 0.197 e. The van der Waals surface area contributed by atoms with Crippen LogP contribution in [-0.4, -0.2) is 10.8 Å². The van der Waals surface area contributed by atoms with E-state index < -0.39 is 11.6 Å². The van der Waals surface area contributed by atoms with Crippen LogP contribution in [0.4, 0.5) is 4.39 Å². The highest BCUT2D eigenvalue weighted by Crippen LogP contribution is 2.18. The maximum atomic E-state index is 13.6. The van der Waals surface area contributed by atoms with E-state index in [9.17, 15) is 9.18 Å². The summed E-state index contributed by atoms with van der Waals surface area (Å²) in [4.78, 5) is 15.9. The number of aromatic nitrogens is 1. The normalized spacial score (nSPS) is 10.3. The maximum absolute atomic E-state index is 13.6. The van der Waals surface area contributed by atoms with Crippen LogP contribution in [0.15, 0.2) is 36.7 Å². The third-order valence-corrected chi connectivity index (χ3v) is 2.55. The van der Waals surface area contributed by atoms with Gasteiger partial charge in [0.25, 0.3) is 0 Å². The van der Waals surface area contributed by atoms with Crippen molar-refractivity contribution >= 4 is 17.4 Å². The summed E-state index contributed by atoms with van der Waals surface area (Å²) in [5.74, 6) is -1.01. The highest BCUT2D eigenvalue weighted by atomic mass is 35.5. The van der Waals surface area contributed by atoms with Crippen LogP contribution in [0.2, 0.25) is 5.02 Å². The number of rotatable bonds is 2. The second-order valence-electron chi connectivity index (χ2n) is 3.70. The topological polar surface area (TPSA) is 30.0 Å². The van der Waals surface area contributed by atoms with Gasteiger partial charge in [0.1, 0.15) is 5.82 Å². The number of benzene rings is 1. The molecule has 1 heterocycles. The summed E-state index contributed by atoms with van der Waals surface area (Å²) in [5, 5.41) is 0.265. The molecule has 0 bridgehead atoms. The molecule has 0 saturated heterocycles. The molecule has 0 amide bonds. The Labute approximate surface area is 103 Å². The lowest BCUT2D eigenvalue weighted by Gasteiger charge is -2.03. The zero-order valence-corrected chi connectivity index (χ0v) is 9.83. The summed E-state index contributed by atoms with van der Waals surface area (Å²) in [6.07, 6.45) is 3.05. The molecular weight excluding hydrogens is 241 g/mol. The van der Waals surface area contributed by atoms with Crippen LogP contribution in [0.25, 0.3) is 0 Å². The fourth-order valence-corrected chi connectivity index (χ4v) is 1.67. The van der Waals surface area contributed by atoms with Crippen LogP contribution >= 0.6 is 11.6 Å². The van der Waals surface area contributed by atoms with Crippen molar-refractivity contribution in [1.82, 2.24) is 4.98 Å². The number of aryl methyl sites for hydroxylation is 1. The molecule has 1 aromatic heterocycles. The zero-order valence-electron chi connectivity index (χ0n) is 9.08. The second-order valence-corrected chi connectivity index (χ2v) is 4.14. The first kappa shape index (κ1) is 11.7. The summed E-state index contributed by atoms with van der Waals surface area (Å²) in [6.45, 7) is 1.82. The Morgan fingerprint density at radius 1 is 1.29 bits per heavy atom. The molecule has 4 heteroatoms. The zero-order chi connectivity index (χ0) is 12.4. The van der Waals surface area contributed by atoms with Crippen molar-refractivity contribution in [1.29, 1.82) is 0 Å². The minimum atomic E-state index is -0.621. The third-order valence-electron chi connectivity index (χ3n) is 2.31. The number of ketones is 1. The number of hydrogen-bond acceptors (Lipinski definition) is 2. The van der Waals surface area contributed by atoms with Crippen molar-refractivity contribution in [3.63, 3.8) is 0 Å². The van der Waals surface area contributed by atoms with E-state index in [1.165, 1.54) is 18.3 Å². The number of hydrogen-bond donors (Lipinski definition) is 0. The van der Waals surface area contributed by atoms with Crippen molar-refractivity contribution in [3.05, 3.63) is 64.2 Å². The van der Waals surface area contributed by atoms with Gasteiger partial charge in [0.15, 0.2) is 5.78 Å². The monoisotopic (exact) mass is 249 g/mol. The van der Waals surface area contributed by atoms with E-state index >= 15 is 0 Å². The molecular formula is C13H9ClFNO. The molecule has 0 aliphatic heterocycles. The first-order chi connectivity index (χ1) is 8.08. The summed E-state index contributed by atoms with van der Waals surface area (Å²) >= 11 is 5.63. The fraction of sp³-hybridized carbons (Fsp3) is 0.0769. The number of halogens is 2. The van der Waals surface area contributed by atoms with Gasteiger partial charge in [0.2, 0.25) is 0 Å². The van der Waals surface area contributed by atoms with Crippen molar-refractivity contribution in [2.24, 2.45) is 0 Å². The molecule has 0 N–H and O–H groups in total. The SMILES string of the molecule is Cc1cncc(C(=O)c2ccc(Cl)cc2F)c1. The Kier molecular flexibility index (Phi) is 3.20. The van der Waals surface area contributed by atoms with E-state index in [1.54, 1.807) is 12.3 Å².